The Morgan fingerprint density at radius 2 is 2.17 bits per heavy atom. The van der Waals surface area contributed by atoms with Gasteiger partial charge in [-0.3, -0.25) is 0 Å². The highest BCUT2D eigenvalue weighted by atomic mass is 16.4. The topological polar surface area (TPSA) is 62.5 Å². The molecule has 2 rings (SSSR count). The van der Waals surface area contributed by atoms with Crippen LogP contribution in [0.5, 0.6) is 0 Å². The smallest absolute Gasteiger partial charge is 0.339 e. The lowest BCUT2D eigenvalue weighted by molar-refractivity contribution is 0.0696. The highest BCUT2D eigenvalue weighted by molar-refractivity contribution is 6.03. The first-order valence-corrected chi connectivity index (χ1v) is 6.18. The van der Waals surface area contributed by atoms with Crippen LogP contribution in [0.2, 0.25) is 0 Å². The molecule has 2 N–H and O–H groups in total. The summed E-state index contributed by atoms with van der Waals surface area (Å²) in [4.78, 5) is 11.3. The Morgan fingerprint density at radius 3 is 2.89 bits per heavy atom. The largest absolute Gasteiger partial charge is 0.478 e. The van der Waals surface area contributed by atoms with Gasteiger partial charge < -0.3 is 14.8 Å². The number of furan rings is 1. The summed E-state index contributed by atoms with van der Waals surface area (Å²) in [5, 5.41) is 13.1. The average Bonchev–Trinajstić information content (AvgIpc) is 2.73. The molecule has 18 heavy (non-hydrogen) atoms. The number of hydrogen-bond donors (Lipinski definition) is 2. The van der Waals surface area contributed by atoms with Crippen LogP contribution in [0.4, 0.5) is 0 Å². The molecule has 0 unspecified atom stereocenters. The second-order valence-corrected chi connectivity index (χ2v) is 4.23. The van der Waals surface area contributed by atoms with Crippen molar-refractivity contribution >= 4 is 16.9 Å². The summed E-state index contributed by atoms with van der Waals surface area (Å²) in [5.41, 5.74) is 0.900. The summed E-state index contributed by atoms with van der Waals surface area (Å²) in [7, 11) is 0. The number of unbranched alkanes of at least 4 members (excludes halogenated alkanes) is 1. The predicted molar refractivity (Wildman–Crippen MR) is 69.8 cm³/mol. The number of para-hydroxylation sites is 1. The van der Waals surface area contributed by atoms with Crippen molar-refractivity contribution in [3.63, 3.8) is 0 Å². The summed E-state index contributed by atoms with van der Waals surface area (Å²) in [5.74, 6) is -0.438. The molecule has 4 nitrogen and oxygen atoms in total. The molecule has 0 amide bonds. The van der Waals surface area contributed by atoms with Crippen molar-refractivity contribution in [1.82, 2.24) is 5.32 Å². The Bertz CT molecular complexity index is 545. The molecule has 4 heteroatoms. The van der Waals surface area contributed by atoms with Gasteiger partial charge in [0.05, 0.1) is 6.54 Å². The highest BCUT2D eigenvalue weighted by Gasteiger charge is 2.19. The number of nitrogens with one attached hydrogen (secondary N) is 1. The van der Waals surface area contributed by atoms with E-state index in [9.17, 15) is 9.90 Å². The molecule has 0 fully saturated rings. The third kappa shape index (κ3) is 2.54. The number of carboxylic acid groups (broad SMARTS) is 1. The van der Waals surface area contributed by atoms with Gasteiger partial charge in [0.2, 0.25) is 0 Å². The van der Waals surface area contributed by atoms with E-state index >= 15 is 0 Å². The zero-order valence-corrected chi connectivity index (χ0v) is 10.4. The van der Waals surface area contributed by atoms with Gasteiger partial charge in [-0.05, 0) is 19.0 Å². The van der Waals surface area contributed by atoms with Gasteiger partial charge in [-0.15, -0.1) is 0 Å². The van der Waals surface area contributed by atoms with Gasteiger partial charge in [-0.25, -0.2) is 4.79 Å². The SMILES string of the molecule is CCCCNCc1oc2ccccc2c1C(=O)O. The summed E-state index contributed by atoms with van der Waals surface area (Å²) in [6.45, 7) is 3.44. The number of fused-ring (bicyclic) bond motifs is 1. The third-order valence-corrected chi connectivity index (χ3v) is 2.87. The van der Waals surface area contributed by atoms with Gasteiger partial charge in [-0.1, -0.05) is 31.5 Å². The van der Waals surface area contributed by atoms with Crippen molar-refractivity contribution < 1.29 is 14.3 Å². The molecule has 0 radical (unpaired) electrons. The van der Waals surface area contributed by atoms with Crippen molar-refractivity contribution in [2.45, 2.75) is 26.3 Å². The molecule has 96 valence electrons. The first-order valence-electron chi connectivity index (χ1n) is 6.18. The Morgan fingerprint density at radius 1 is 1.39 bits per heavy atom. The fourth-order valence-corrected chi connectivity index (χ4v) is 1.96. The fourth-order valence-electron chi connectivity index (χ4n) is 1.96. The Labute approximate surface area is 106 Å². The van der Waals surface area contributed by atoms with Gasteiger partial charge in [0.1, 0.15) is 16.9 Å². The predicted octanol–water partition coefficient (Wildman–Crippen LogP) is 3.02. The van der Waals surface area contributed by atoms with Crippen molar-refractivity contribution in [3.8, 4) is 0 Å². The van der Waals surface area contributed by atoms with Gasteiger partial charge in [0.25, 0.3) is 0 Å². The summed E-state index contributed by atoms with van der Waals surface area (Å²) in [6, 6.07) is 7.22. The van der Waals surface area contributed by atoms with Gasteiger partial charge in [-0.2, -0.15) is 0 Å². The zero-order chi connectivity index (χ0) is 13.0. The van der Waals surface area contributed by atoms with E-state index in [4.69, 9.17) is 4.42 Å². The Kier molecular flexibility index (Phi) is 3.99. The van der Waals surface area contributed by atoms with Crippen molar-refractivity contribution in [1.29, 1.82) is 0 Å². The zero-order valence-electron chi connectivity index (χ0n) is 10.4. The molecule has 0 bridgehead atoms. The van der Waals surface area contributed by atoms with Crippen LogP contribution < -0.4 is 5.32 Å². The minimum Gasteiger partial charge on any atom is -0.478 e. The van der Waals surface area contributed by atoms with Gasteiger partial charge >= 0.3 is 5.97 Å². The van der Waals surface area contributed by atoms with Crippen LogP contribution in [-0.2, 0) is 6.54 Å². The standard InChI is InChI=1S/C14H17NO3/c1-2-3-8-15-9-12-13(14(16)17)10-6-4-5-7-11(10)18-12/h4-7,15H,2-3,8-9H2,1H3,(H,16,17). The van der Waals surface area contributed by atoms with Crippen LogP contribution in [0.3, 0.4) is 0 Å². The van der Waals surface area contributed by atoms with E-state index < -0.39 is 5.97 Å². The molecular formula is C14H17NO3. The highest BCUT2D eigenvalue weighted by Crippen LogP contribution is 2.25. The monoisotopic (exact) mass is 247 g/mol. The molecule has 0 aliphatic heterocycles. The Hall–Kier alpha value is -1.81. The average molecular weight is 247 g/mol. The first-order chi connectivity index (χ1) is 8.74. The van der Waals surface area contributed by atoms with Gasteiger partial charge in [0, 0.05) is 5.39 Å². The van der Waals surface area contributed by atoms with E-state index in [1.165, 1.54) is 0 Å². The second kappa shape index (κ2) is 5.69. The lowest BCUT2D eigenvalue weighted by Crippen LogP contribution is -2.15. The summed E-state index contributed by atoms with van der Waals surface area (Å²) in [6.07, 6.45) is 2.18. The van der Waals surface area contributed by atoms with Crippen LogP contribution in [0.1, 0.15) is 35.9 Å². The van der Waals surface area contributed by atoms with Crippen molar-refractivity contribution in [2.75, 3.05) is 6.54 Å². The van der Waals surface area contributed by atoms with Crippen molar-refractivity contribution in [2.24, 2.45) is 0 Å². The molecule has 0 aliphatic carbocycles. The number of aromatic carboxylic acids is 1. The van der Waals surface area contributed by atoms with Crippen LogP contribution in [-0.4, -0.2) is 17.6 Å². The minimum absolute atomic E-state index is 0.273. The van der Waals surface area contributed by atoms with Crippen LogP contribution in [0.25, 0.3) is 11.0 Å². The van der Waals surface area contributed by atoms with Crippen LogP contribution in [0, 0.1) is 0 Å². The number of hydrogen-bond acceptors (Lipinski definition) is 3. The quantitative estimate of drug-likeness (QED) is 0.770. The summed E-state index contributed by atoms with van der Waals surface area (Å²) < 4.78 is 5.60. The molecular weight excluding hydrogens is 230 g/mol. The molecule has 1 heterocycles. The second-order valence-electron chi connectivity index (χ2n) is 4.23. The molecule has 0 spiro atoms. The van der Waals surface area contributed by atoms with E-state index in [0.29, 0.717) is 23.3 Å². The lowest BCUT2D eigenvalue weighted by Gasteiger charge is -2.01. The van der Waals surface area contributed by atoms with Gasteiger partial charge in [0.15, 0.2) is 0 Å². The first kappa shape index (κ1) is 12.6. The lowest BCUT2D eigenvalue weighted by atomic mass is 10.1. The van der Waals surface area contributed by atoms with E-state index in [1.54, 1.807) is 12.1 Å². The fraction of sp³-hybridized carbons (Fsp3) is 0.357. The number of carboxylic acids is 1. The maximum Gasteiger partial charge on any atom is 0.339 e. The molecule has 0 saturated heterocycles. The van der Waals surface area contributed by atoms with E-state index in [-0.39, 0.29) is 5.56 Å². The molecule has 0 saturated carbocycles. The third-order valence-electron chi connectivity index (χ3n) is 2.87. The molecule has 0 aliphatic rings. The minimum atomic E-state index is -0.938. The number of carbonyl (C=O) groups is 1. The van der Waals surface area contributed by atoms with E-state index in [2.05, 4.69) is 12.2 Å². The molecule has 0 atom stereocenters. The normalized spacial score (nSPS) is 10.9. The van der Waals surface area contributed by atoms with E-state index in [1.807, 2.05) is 12.1 Å². The van der Waals surface area contributed by atoms with Crippen LogP contribution >= 0.6 is 0 Å². The van der Waals surface area contributed by atoms with Crippen molar-refractivity contribution in [3.05, 3.63) is 35.6 Å². The summed E-state index contributed by atoms with van der Waals surface area (Å²) >= 11 is 0. The molecule has 1 aromatic heterocycles. The number of rotatable bonds is 6. The number of benzene rings is 1. The molecule has 2 aromatic rings. The Balaban J connectivity index is 2.25. The maximum absolute atomic E-state index is 11.3. The van der Waals surface area contributed by atoms with Crippen LogP contribution in [0.15, 0.2) is 28.7 Å². The maximum atomic E-state index is 11.3. The van der Waals surface area contributed by atoms with E-state index in [0.717, 1.165) is 19.4 Å². The molecule has 1 aromatic carbocycles.